The normalized spacial score (nSPS) is 12.2. The topological polar surface area (TPSA) is 96.0 Å². The van der Waals surface area contributed by atoms with E-state index in [1.807, 2.05) is 13.8 Å². The minimum Gasteiger partial charge on any atom is -0.495 e. The molecule has 36 heavy (non-hydrogen) atoms. The molecule has 0 unspecified atom stereocenters. The largest absolute Gasteiger partial charge is 0.495 e. The third-order valence-corrected chi connectivity index (χ3v) is 7.47. The van der Waals surface area contributed by atoms with Crippen molar-refractivity contribution in [3.8, 4) is 5.75 Å². The molecule has 2 aromatic rings. The van der Waals surface area contributed by atoms with Crippen molar-refractivity contribution in [3.63, 3.8) is 0 Å². The number of hydrogen-bond donors (Lipinski definition) is 1. The highest BCUT2D eigenvalue weighted by atomic mass is 35.5. The number of nitrogens with one attached hydrogen (secondary N) is 1. The molecule has 1 N–H and O–H groups in total. The Morgan fingerprint density at radius 2 is 1.67 bits per heavy atom. The van der Waals surface area contributed by atoms with Crippen LogP contribution in [0.5, 0.6) is 5.75 Å². The summed E-state index contributed by atoms with van der Waals surface area (Å²) in [6.45, 7) is 5.37. The number of benzene rings is 2. The number of amides is 2. The molecule has 0 bridgehead atoms. The fourth-order valence-corrected chi connectivity index (χ4v) is 4.71. The molecule has 0 spiro atoms. The molecular weight excluding hydrogens is 549 g/mol. The number of rotatable bonds is 11. The summed E-state index contributed by atoms with van der Waals surface area (Å²) in [5.41, 5.74) is 0.808. The van der Waals surface area contributed by atoms with E-state index in [1.54, 1.807) is 25.1 Å². The lowest BCUT2D eigenvalue weighted by Gasteiger charge is -2.31. The Morgan fingerprint density at radius 1 is 1.00 bits per heavy atom. The van der Waals surface area contributed by atoms with Gasteiger partial charge in [-0.25, -0.2) is 8.42 Å². The van der Waals surface area contributed by atoms with E-state index in [2.05, 4.69) is 5.32 Å². The van der Waals surface area contributed by atoms with Gasteiger partial charge in [-0.1, -0.05) is 54.7 Å². The van der Waals surface area contributed by atoms with E-state index < -0.39 is 28.5 Å². The van der Waals surface area contributed by atoms with Crippen molar-refractivity contribution in [1.29, 1.82) is 0 Å². The summed E-state index contributed by atoms with van der Waals surface area (Å²) in [6, 6.07) is 8.37. The average molecular weight is 579 g/mol. The van der Waals surface area contributed by atoms with Crippen LogP contribution < -0.4 is 14.4 Å². The number of carbonyl (C=O) groups excluding carboxylic acids is 2. The number of sulfonamides is 1. The Hall–Kier alpha value is -2.20. The minimum atomic E-state index is -3.89. The zero-order valence-electron chi connectivity index (χ0n) is 20.7. The van der Waals surface area contributed by atoms with Crippen molar-refractivity contribution in [3.05, 3.63) is 57.0 Å². The van der Waals surface area contributed by atoms with Crippen LogP contribution in [0.15, 0.2) is 36.4 Å². The van der Waals surface area contributed by atoms with Gasteiger partial charge in [0.25, 0.3) is 0 Å². The van der Waals surface area contributed by atoms with Gasteiger partial charge in [0, 0.05) is 13.1 Å². The van der Waals surface area contributed by atoms with Crippen molar-refractivity contribution in [2.45, 2.75) is 33.4 Å². The van der Waals surface area contributed by atoms with Crippen LogP contribution in [-0.4, -0.2) is 57.6 Å². The second kappa shape index (κ2) is 12.9. The van der Waals surface area contributed by atoms with Crippen molar-refractivity contribution in [1.82, 2.24) is 10.2 Å². The highest BCUT2D eigenvalue weighted by molar-refractivity contribution is 7.92. The molecule has 0 aromatic heterocycles. The monoisotopic (exact) mass is 577 g/mol. The fraction of sp³-hybridized carbons (Fsp3) is 0.417. The lowest BCUT2D eigenvalue weighted by Crippen LogP contribution is -2.51. The lowest BCUT2D eigenvalue weighted by molar-refractivity contribution is -0.139. The SMILES string of the molecule is COc1ccc(N(CC(=O)N(Cc2ccc(Cl)c(Cl)c2)[C@H](C)C(=O)NCC(C)C)S(C)(=O)=O)cc1Cl. The first-order valence-corrected chi connectivity index (χ1v) is 14.0. The molecule has 0 aliphatic carbocycles. The van der Waals surface area contributed by atoms with E-state index in [9.17, 15) is 18.0 Å². The number of methoxy groups -OCH3 is 1. The zero-order chi connectivity index (χ0) is 27.2. The molecule has 0 aliphatic rings. The Morgan fingerprint density at radius 3 is 2.19 bits per heavy atom. The smallest absolute Gasteiger partial charge is 0.244 e. The molecule has 0 saturated heterocycles. The first-order chi connectivity index (χ1) is 16.7. The minimum absolute atomic E-state index is 0.00690. The summed E-state index contributed by atoms with van der Waals surface area (Å²) in [7, 11) is -2.45. The first kappa shape index (κ1) is 30.0. The van der Waals surface area contributed by atoms with Gasteiger partial charge >= 0.3 is 0 Å². The summed E-state index contributed by atoms with van der Waals surface area (Å²) in [6.07, 6.45) is 0.987. The zero-order valence-corrected chi connectivity index (χ0v) is 23.8. The molecule has 0 heterocycles. The van der Waals surface area contributed by atoms with Gasteiger partial charge in [-0.05, 0) is 48.7 Å². The van der Waals surface area contributed by atoms with Crippen LogP contribution >= 0.6 is 34.8 Å². The lowest BCUT2D eigenvalue weighted by atomic mass is 10.1. The number of carbonyl (C=O) groups is 2. The summed E-state index contributed by atoms with van der Waals surface area (Å²) in [5.74, 6) is -0.390. The van der Waals surface area contributed by atoms with E-state index in [-0.39, 0.29) is 29.1 Å². The first-order valence-electron chi connectivity index (χ1n) is 11.1. The van der Waals surface area contributed by atoms with Gasteiger partial charge in [-0.15, -0.1) is 0 Å². The molecule has 0 radical (unpaired) electrons. The van der Waals surface area contributed by atoms with Crippen LogP contribution in [0, 0.1) is 5.92 Å². The molecule has 1 atom stereocenters. The maximum absolute atomic E-state index is 13.5. The van der Waals surface area contributed by atoms with Gasteiger partial charge in [0.1, 0.15) is 18.3 Å². The Kier molecular flexibility index (Phi) is 10.7. The predicted molar refractivity (Wildman–Crippen MR) is 145 cm³/mol. The van der Waals surface area contributed by atoms with Crippen LogP contribution in [0.2, 0.25) is 15.1 Å². The number of hydrogen-bond acceptors (Lipinski definition) is 5. The van der Waals surface area contributed by atoms with E-state index >= 15 is 0 Å². The van der Waals surface area contributed by atoms with E-state index in [1.165, 1.54) is 30.2 Å². The summed E-state index contributed by atoms with van der Waals surface area (Å²) in [5, 5.41) is 3.64. The number of anilines is 1. The molecule has 198 valence electrons. The van der Waals surface area contributed by atoms with Gasteiger partial charge in [0.15, 0.2) is 0 Å². The Balaban J connectivity index is 2.42. The number of nitrogens with zero attached hydrogens (tertiary/aromatic N) is 2. The summed E-state index contributed by atoms with van der Waals surface area (Å²) < 4.78 is 31.4. The van der Waals surface area contributed by atoms with Crippen molar-refractivity contribution < 1.29 is 22.7 Å². The van der Waals surface area contributed by atoms with Crippen molar-refractivity contribution in [2.24, 2.45) is 5.92 Å². The molecule has 8 nitrogen and oxygen atoms in total. The Bertz CT molecular complexity index is 1210. The Labute approximate surface area is 227 Å². The fourth-order valence-electron chi connectivity index (χ4n) is 3.29. The summed E-state index contributed by atoms with van der Waals surface area (Å²) >= 11 is 18.3. The van der Waals surface area contributed by atoms with Crippen LogP contribution in [0.3, 0.4) is 0 Å². The highest BCUT2D eigenvalue weighted by Crippen LogP contribution is 2.30. The third-order valence-electron chi connectivity index (χ3n) is 5.29. The second-order valence-corrected chi connectivity index (χ2v) is 11.8. The second-order valence-electron chi connectivity index (χ2n) is 8.67. The highest BCUT2D eigenvalue weighted by Gasteiger charge is 2.30. The standard InChI is InChI=1S/C24H30Cl3N3O5S/c1-15(2)12-28-24(32)16(3)29(13-17-6-8-19(25)20(26)10-17)23(31)14-30(36(5,33)34)18-7-9-22(35-4)21(27)11-18/h6-11,15-16H,12-14H2,1-5H3,(H,28,32)/t16-/m1/s1. The molecule has 2 rings (SSSR count). The van der Waals surface area contributed by atoms with Gasteiger partial charge < -0.3 is 15.0 Å². The maximum atomic E-state index is 13.5. The molecule has 0 fully saturated rings. The van der Waals surface area contributed by atoms with E-state index in [0.29, 0.717) is 27.9 Å². The van der Waals surface area contributed by atoms with Crippen molar-refractivity contribution in [2.75, 3.05) is 30.8 Å². The molecule has 0 aliphatic heterocycles. The van der Waals surface area contributed by atoms with Gasteiger partial charge in [-0.3, -0.25) is 13.9 Å². The quantitative estimate of drug-likeness (QED) is 0.420. The molecule has 0 saturated carbocycles. The molecule has 2 aromatic carbocycles. The maximum Gasteiger partial charge on any atom is 0.244 e. The van der Waals surface area contributed by atoms with Crippen LogP contribution in [0.25, 0.3) is 0 Å². The molecule has 2 amide bonds. The van der Waals surface area contributed by atoms with E-state index in [0.717, 1.165) is 10.6 Å². The third kappa shape index (κ3) is 8.16. The molecular formula is C24H30Cl3N3O5S. The van der Waals surface area contributed by atoms with Crippen LogP contribution in [0.1, 0.15) is 26.3 Å². The van der Waals surface area contributed by atoms with Crippen LogP contribution in [-0.2, 0) is 26.2 Å². The van der Waals surface area contributed by atoms with E-state index in [4.69, 9.17) is 39.5 Å². The van der Waals surface area contributed by atoms with Crippen molar-refractivity contribution >= 4 is 62.3 Å². The molecule has 12 heteroatoms. The predicted octanol–water partition coefficient (Wildman–Crippen LogP) is 4.61. The van der Waals surface area contributed by atoms with Crippen LogP contribution in [0.4, 0.5) is 5.69 Å². The van der Waals surface area contributed by atoms with Gasteiger partial charge in [0.2, 0.25) is 21.8 Å². The number of ether oxygens (including phenoxy) is 1. The van der Waals surface area contributed by atoms with Gasteiger partial charge in [0.05, 0.1) is 34.1 Å². The number of halogens is 3. The average Bonchev–Trinajstić information content (AvgIpc) is 2.80. The van der Waals surface area contributed by atoms with Gasteiger partial charge in [-0.2, -0.15) is 0 Å². The summed E-state index contributed by atoms with van der Waals surface area (Å²) in [4.78, 5) is 27.7.